The molecule has 0 bridgehead atoms. The summed E-state index contributed by atoms with van der Waals surface area (Å²) in [6.07, 6.45) is 0.794. The maximum Gasteiger partial charge on any atom is 0.310 e. The van der Waals surface area contributed by atoms with Gasteiger partial charge in [-0.15, -0.1) is 0 Å². The number of nitrogens with zero attached hydrogens (tertiary/aromatic N) is 1. The lowest BCUT2D eigenvalue weighted by Crippen LogP contribution is -2.44. The SMILES string of the molecule is Cc1cc(C(=O)NNC(=O)C(=O)C=C(O)c2ccccc2)c2ccccc2n1. The van der Waals surface area contributed by atoms with Gasteiger partial charge in [-0.1, -0.05) is 48.5 Å². The highest BCUT2D eigenvalue weighted by Gasteiger charge is 2.16. The predicted molar refractivity (Wildman–Crippen MR) is 104 cm³/mol. The Morgan fingerprint density at radius 1 is 0.964 bits per heavy atom. The minimum atomic E-state index is -1.08. The van der Waals surface area contributed by atoms with Crippen molar-refractivity contribution in [2.75, 3.05) is 0 Å². The number of hydrogen-bond donors (Lipinski definition) is 3. The zero-order valence-corrected chi connectivity index (χ0v) is 15.0. The number of aliphatic hydroxyl groups is 1. The van der Waals surface area contributed by atoms with Gasteiger partial charge in [-0.05, 0) is 19.1 Å². The average Bonchev–Trinajstić information content (AvgIpc) is 2.71. The zero-order valence-electron chi connectivity index (χ0n) is 15.0. The number of aliphatic hydroxyl groups excluding tert-OH is 1. The summed E-state index contributed by atoms with van der Waals surface area (Å²) in [6, 6.07) is 17.0. The fourth-order valence-corrected chi connectivity index (χ4v) is 2.62. The first-order chi connectivity index (χ1) is 13.5. The molecule has 0 radical (unpaired) electrons. The molecule has 7 heteroatoms. The second-order valence-corrected chi connectivity index (χ2v) is 6.00. The first-order valence-electron chi connectivity index (χ1n) is 8.43. The smallest absolute Gasteiger partial charge is 0.310 e. The molecule has 1 aromatic heterocycles. The normalized spacial score (nSPS) is 11.1. The summed E-state index contributed by atoms with van der Waals surface area (Å²) in [7, 11) is 0. The summed E-state index contributed by atoms with van der Waals surface area (Å²) in [5.74, 6) is -3.01. The third kappa shape index (κ3) is 4.21. The van der Waals surface area contributed by atoms with Crippen LogP contribution in [0.25, 0.3) is 16.7 Å². The van der Waals surface area contributed by atoms with Crippen molar-refractivity contribution in [2.24, 2.45) is 0 Å². The van der Waals surface area contributed by atoms with Gasteiger partial charge in [-0.25, -0.2) is 0 Å². The van der Waals surface area contributed by atoms with E-state index in [1.165, 1.54) is 0 Å². The number of rotatable bonds is 4. The van der Waals surface area contributed by atoms with Crippen molar-refractivity contribution in [3.63, 3.8) is 0 Å². The van der Waals surface area contributed by atoms with Gasteiger partial charge in [0.25, 0.3) is 5.91 Å². The number of para-hydroxylation sites is 1. The topological polar surface area (TPSA) is 108 Å². The Kier molecular flexibility index (Phi) is 5.45. The van der Waals surface area contributed by atoms with Crippen molar-refractivity contribution >= 4 is 34.3 Å². The van der Waals surface area contributed by atoms with E-state index in [2.05, 4.69) is 15.8 Å². The molecule has 0 spiro atoms. The number of fused-ring (bicyclic) bond motifs is 1. The van der Waals surface area contributed by atoms with Crippen LogP contribution in [0.3, 0.4) is 0 Å². The van der Waals surface area contributed by atoms with Crippen LogP contribution in [0.4, 0.5) is 0 Å². The maximum absolute atomic E-state index is 12.5. The van der Waals surface area contributed by atoms with Gasteiger partial charge in [-0.2, -0.15) is 0 Å². The molecular formula is C21H17N3O4. The highest BCUT2D eigenvalue weighted by Crippen LogP contribution is 2.17. The predicted octanol–water partition coefficient (Wildman–Crippen LogP) is 2.47. The Morgan fingerprint density at radius 2 is 1.64 bits per heavy atom. The average molecular weight is 375 g/mol. The molecule has 1 heterocycles. The van der Waals surface area contributed by atoms with Gasteiger partial charge in [0, 0.05) is 22.7 Å². The second-order valence-electron chi connectivity index (χ2n) is 6.00. The van der Waals surface area contributed by atoms with E-state index >= 15 is 0 Å². The van der Waals surface area contributed by atoms with Crippen LogP contribution in [0.2, 0.25) is 0 Å². The molecule has 3 aromatic rings. The van der Waals surface area contributed by atoms with Gasteiger partial charge < -0.3 is 5.11 Å². The molecular weight excluding hydrogens is 358 g/mol. The van der Waals surface area contributed by atoms with Crippen LogP contribution in [0.1, 0.15) is 21.6 Å². The lowest BCUT2D eigenvalue weighted by Gasteiger charge is -2.09. The Morgan fingerprint density at radius 3 is 2.39 bits per heavy atom. The molecule has 7 nitrogen and oxygen atoms in total. The number of aryl methyl sites for hydroxylation is 1. The minimum Gasteiger partial charge on any atom is -0.507 e. The molecule has 3 rings (SSSR count). The summed E-state index contributed by atoms with van der Waals surface area (Å²) in [6.45, 7) is 1.75. The lowest BCUT2D eigenvalue weighted by molar-refractivity contribution is -0.135. The fourth-order valence-electron chi connectivity index (χ4n) is 2.62. The molecule has 0 atom stereocenters. The number of ketones is 1. The van der Waals surface area contributed by atoms with Crippen molar-refractivity contribution in [1.29, 1.82) is 0 Å². The van der Waals surface area contributed by atoms with E-state index in [1.54, 1.807) is 61.5 Å². The third-order valence-electron chi connectivity index (χ3n) is 3.94. The highest BCUT2D eigenvalue weighted by atomic mass is 16.3. The second kappa shape index (κ2) is 8.13. The molecule has 2 amide bonds. The van der Waals surface area contributed by atoms with E-state index in [-0.39, 0.29) is 5.76 Å². The van der Waals surface area contributed by atoms with E-state index in [0.717, 1.165) is 6.08 Å². The summed E-state index contributed by atoms with van der Waals surface area (Å²) >= 11 is 0. The number of benzene rings is 2. The van der Waals surface area contributed by atoms with Gasteiger partial charge >= 0.3 is 5.91 Å². The van der Waals surface area contributed by atoms with E-state index < -0.39 is 17.6 Å². The van der Waals surface area contributed by atoms with Crippen molar-refractivity contribution in [1.82, 2.24) is 15.8 Å². The molecule has 3 N–H and O–H groups in total. The number of nitrogens with one attached hydrogen (secondary N) is 2. The number of carbonyl (C=O) groups excluding carboxylic acids is 3. The Hall–Kier alpha value is -4.00. The molecule has 0 aliphatic carbocycles. The standard InChI is InChI=1S/C21H17N3O4/c1-13-11-16(15-9-5-6-10-17(15)22-13)20(27)23-24-21(28)19(26)12-18(25)14-7-3-2-4-8-14/h2-12,25H,1H3,(H,23,27)(H,24,28). The number of carbonyl (C=O) groups is 3. The van der Waals surface area contributed by atoms with Gasteiger partial charge in [0.1, 0.15) is 5.76 Å². The molecule has 0 aliphatic heterocycles. The van der Waals surface area contributed by atoms with E-state index in [1.807, 2.05) is 6.07 Å². The Labute approximate surface area is 160 Å². The van der Waals surface area contributed by atoms with E-state index in [9.17, 15) is 19.5 Å². The first-order valence-corrected chi connectivity index (χ1v) is 8.43. The number of pyridine rings is 1. The molecule has 0 unspecified atom stereocenters. The van der Waals surface area contributed by atoms with Gasteiger partial charge in [-0.3, -0.25) is 30.2 Å². The summed E-state index contributed by atoms with van der Waals surface area (Å²) in [4.78, 5) is 40.7. The van der Waals surface area contributed by atoms with Crippen LogP contribution in [0.15, 0.2) is 66.7 Å². The maximum atomic E-state index is 12.5. The van der Waals surface area contributed by atoms with Gasteiger partial charge in [0.05, 0.1) is 11.1 Å². The van der Waals surface area contributed by atoms with Crippen LogP contribution in [0, 0.1) is 6.92 Å². The summed E-state index contributed by atoms with van der Waals surface area (Å²) < 4.78 is 0. The fraction of sp³-hybridized carbons (Fsp3) is 0.0476. The number of hydrazine groups is 1. The number of aromatic nitrogens is 1. The van der Waals surface area contributed by atoms with E-state index in [4.69, 9.17) is 0 Å². The summed E-state index contributed by atoms with van der Waals surface area (Å²) in [5.41, 5.74) is 6.27. The van der Waals surface area contributed by atoms with Crippen LogP contribution in [-0.4, -0.2) is 27.7 Å². The number of amides is 2. The molecule has 0 aliphatic rings. The molecule has 2 aromatic carbocycles. The monoisotopic (exact) mass is 375 g/mol. The lowest BCUT2D eigenvalue weighted by atomic mass is 10.1. The summed E-state index contributed by atoms with van der Waals surface area (Å²) in [5, 5.41) is 10.5. The van der Waals surface area contributed by atoms with Gasteiger partial charge in [0.15, 0.2) is 0 Å². The molecule has 0 fully saturated rings. The minimum absolute atomic E-state index is 0.318. The van der Waals surface area contributed by atoms with Crippen LogP contribution in [-0.2, 0) is 9.59 Å². The molecule has 0 saturated heterocycles. The van der Waals surface area contributed by atoms with E-state index in [0.29, 0.717) is 27.7 Å². The van der Waals surface area contributed by atoms with Crippen molar-refractivity contribution in [3.8, 4) is 0 Å². The Bertz CT molecular complexity index is 1090. The molecule has 28 heavy (non-hydrogen) atoms. The quantitative estimate of drug-likeness (QED) is 0.281. The highest BCUT2D eigenvalue weighted by molar-refractivity contribution is 6.41. The largest absolute Gasteiger partial charge is 0.507 e. The molecule has 140 valence electrons. The van der Waals surface area contributed by atoms with Crippen LogP contribution < -0.4 is 10.9 Å². The van der Waals surface area contributed by atoms with Crippen molar-refractivity contribution in [2.45, 2.75) is 6.92 Å². The van der Waals surface area contributed by atoms with Crippen molar-refractivity contribution in [3.05, 3.63) is 83.6 Å². The van der Waals surface area contributed by atoms with Crippen LogP contribution in [0.5, 0.6) is 0 Å². The molecule has 0 saturated carbocycles. The van der Waals surface area contributed by atoms with Crippen molar-refractivity contribution < 1.29 is 19.5 Å². The van der Waals surface area contributed by atoms with Crippen LogP contribution >= 0.6 is 0 Å². The third-order valence-corrected chi connectivity index (χ3v) is 3.94. The zero-order chi connectivity index (χ0) is 20.1. The van der Waals surface area contributed by atoms with Gasteiger partial charge in [0.2, 0.25) is 5.78 Å². The Balaban J connectivity index is 1.69. The number of hydrogen-bond acceptors (Lipinski definition) is 5. The first kappa shape index (κ1) is 18.8.